The summed E-state index contributed by atoms with van der Waals surface area (Å²) in [7, 11) is 0. The zero-order valence-corrected chi connectivity index (χ0v) is 10.9. The maximum Gasteiger partial charge on any atom is 0.132 e. The van der Waals surface area contributed by atoms with Gasteiger partial charge in [0.1, 0.15) is 5.78 Å². The SMILES string of the molecule is CCC(=O)CCCN(CC)Cc1ccccn1. The van der Waals surface area contributed by atoms with Crippen LogP contribution in [-0.2, 0) is 11.3 Å². The fraction of sp³-hybridized carbons (Fsp3) is 0.571. The molecule has 0 bridgehead atoms. The Bertz CT molecular complexity index is 324. The molecule has 1 aromatic heterocycles. The number of ketones is 1. The first-order chi connectivity index (χ1) is 8.26. The Morgan fingerprint density at radius 2 is 2.18 bits per heavy atom. The first-order valence-corrected chi connectivity index (χ1v) is 6.40. The van der Waals surface area contributed by atoms with Crippen molar-refractivity contribution in [2.24, 2.45) is 0 Å². The molecule has 3 nitrogen and oxygen atoms in total. The quantitative estimate of drug-likeness (QED) is 0.693. The Hall–Kier alpha value is -1.22. The van der Waals surface area contributed by atoms with Crippen molar-refractivity contribution in [3.8, 4) is 0 Å². The van der Waals surface area contributed by atoms with Crippen LogP contribution < -0.4 is 0 Å². The molecule has 0 fully saturated rings. The van der Waals surface area contributed by atoms with E-state index in [1.54, 1.807) is 0 Å². The number of hydrogen-bond acceptors (Lipinski definition) is 3. The van der Waals surface area contributed by atoms with E-state index in [9.17, 15) is 4.79 Å². The molecule has 0 aliphatic carbocycles. The number of nitrogens with zero attached hydrogens (tertiary/aromatic N) is 2. The standard InChI is InChI=1S/C14H22N2O/c1-3-14(17)9-7-11-16(4-2)12-13-8-5-6-10-15-13/h5-6,8,10H,3-4,7,9,11-12H2,1-2H3. The Labute approximate surface area is 104 Å². The van der Waals surface area contributed by atoms with Crippen LogP contribution in [0.4, 0.5) is 0 Å². The van der Waals surface area contributed by atoms with E-state index in [1.165, 1.54) is 0 Å². The van der Waals surface area contributed by atoms with Crippen molar-refractivity contribution in [3.63, 3.8) is 0 Å². The molecule has 0 aliphatic rings. The van der Waals surface area contributed by atoms with Gasteiger partial charge in [0.2, 0.25) is 0 Å². The van der Waals surface area contributed by atoms with Crippen molar-refractivity contribution in [1.82, 2.24) is 9.88 Å². The largest absolute Gasteiger partial charge is 0.300 e. The Kier molecular flexibility index (Phi) is 6.48. The van der Waals surface area contributed by atoms with E-state index in [0.29, 0.717) is 18.6 Å². The molecular weight excluding hydrogens is 212 g/mol. The van der Waals surface area contributed by atoms with E-state index in [4.69, 9.17) is 0 Å². The van der Waals surface area contributed by atoms with Crippen LogP contribution in [0.15, 0.2) is 24.4 Å². The highest BCUT2D eigenvalue weighted by atomic mass is 16.1. The maximum absolute atomic E-state index is 11.2. The summed E-state index contributed by atoms with van der Waals surface area (Å²) in [4.78, 5) is 17.9. The monoisotopic (exact) mass is 234 g/mol. The minimum absolute atomic E-state index is 0.360. The van der Waals surface area contributed by atoms with Gasteiger partial charge in [-0.25, -0.2) is 0 Å². The Morgan fingerprint density at radius 3 is 2.76 bits per heavy atom. The fourth-order valence-electron chi connectivity index (χ4n) is 1.75. The lowest BCUT2D eigenvalue weighted by atomic mass is 10.2. The average molecular weight is 234 g/mol. The topological polar surface area (TPSA) is 33.2 Å². The lowest BCUT2D eigenvalue weighted by Crippen LogP contribution is -2.24. The van der Waals surface area contributed by atoms with Crippen LogP contribution in [-0.4, -0.2) is 28.8 Å². The van der Waals surface area contributed by atoms with Gasteiger partial charge >= 0.3 is 0 Å². The van der Waals surface area contributed by atoms with Gasteiger partial charge in [-0.15, -0.1) is 0 Å². The molecule has 0 saturated heterocycles. The number of rotatable bonds is 8. The predicted molar refractivity (Wildman–Crippen MR) is 69.7 cm³/mol. The second-order valence-corrected chi connectivity index (χ2v) is 4.19. The molecule has 0 atom stereocenters. The second kappa shape index (κ2) is 7.96. The van der Waals surface area contributed by atoms with Gasteiger partial charge in [-0.05, 0) is 31.6 Å². The minimum Gasteiger partial charge on any atom is -0.300 e. The molecular formula is C14H22N2O. The maximum atomic E-state index is 11.2. The first kappa shape index (κ1) is 13.8. The number of carbonyl (C=O) groups excluding carboxylic acids is 1. The third kappa shape index (κ3) is 5.59. The van der Waals surface area contributed by atoms with Gasteiger partial charge in [-0.3, -0.25) is 14.7 Å². The van der Waals surface area contributed by atoms with E-state index in [1.807, 2.05) is 31.3 Å². The lowest BCUT2D eigenvalue weighted by molar-refractivity contribution is -0.118. The van der Waals surface area contributed by atoms with Crippen LogP contribution in [0.2, 0.25) is 0 Å². The van der Waals surface area contributed by atoms with Crippen molar-refractivity contribution >= 4 is 5.78 Å². The van der Waals surface area contributed by atoms with Crippen molar-refractivity contribution in [1.29, 1.82) is 0 Å². The van der Waals surface area contributed by atoms with Gasteiger partial charge in [-0.2, -0.15) is 0 Å². The van der Waals surface area contributed by atoms with Gasteiger partial charge in [-0.1, -0.05) is 19.9 Å². The number of aromatic nitrogens is 1. The first-order valence-electron chi connectivity index (χ1n) is 6.40. The summed E-state index contributed by atoms with van der Waals surface area (Å²) in [6.45, 7) is 6.91. The van der Waals surface area contributed by atoms with Gasteiger partial charge < -0.3 is 0 Å². The molecule has 94 valence electrons. The van der Waals surface area contributed by atoms with E-state index >= 15 is 0 Å². The molecule has 1 aromatic rings. The van der Waals surface area contributed by atoms with Gasteiger partial charge in [0.05, 0.1) is 5.69 Å². The highest BCUT2D eigenvalue weighted by molar-refractivity contribution is 5.77. The highest BCUT2D eigenvalue weighted by Gasteiger charge is 2.05. The highest BCUT2D eigenvalue weighted by Crippen LogP contribution is 2.03. The van der Waals surface area contributed by atoms with Crippen LogP contribution in [0.1, 0.15) is 38.8 Å². The molecule has 0 radical (unpaired) electrons. The molecule has 0 N–H and O–H groups in total. The number of hydrogen-bond donors (Lipinski definition) is 0. The Morgan fingerprint density at radius 1 is 1.35 bits per heavy atom. The summed E-state index contributed by atoms with van der Waals surface area (Å²) in [5.74, 6) is 0.360. The van der Waals surface area contributed by atoms with Crippen molar-refractivity contribution in [2.75, 3.05) is 13.1 Å². The summed E-state index contributed by atoms with van der Waals surface area (Å²) in [5.41, 5.74) is 1.09. The second-order valence-electron chi connectivity index (χ2n) is 4.19. The summed E-state index contributed by atoms with van der Waals surface area (Å²) in [5, 5.41) is 0. The third-order valence-corrected chi connectivity index (χ3v) is 2.88. The van der Waals surface area contributed by atoms with Crippen LogP contribution in [0.5, 0.6) is 0 Å². The zero-order valence-electron chi connectivity index (χ0n) is 10.9. The number of Topliss-reactive ketones (excluding diaryl/α,β-unsaturated/α-hetero) is 1. The van der Waals surface area contributed by atoms with Crippen LogP contribution >= 0.6 is 0 Å². The fourth-order valence-corrected chi connectivity index (χ4v) is 1.75. The van der Waals surface area contributed by atoms with Crippen molar-refractivity contribution in [2.45, 2.75) is 39.7 Å². The van der Waals surface area contributed by atoms with Crippen molar-refractivity contribution in [3.05, 3.63) is 30.1 Å². The number of pyridine rings is 1. The molecule has 1 rings (SSSR count). The lowest BCUT2D eigenvalue weighted by Gasteiger charge is -2.19. The van der Waals surface area contributed by atoms with E-state index in [2.05, 4.69) is 16.8 Å². The van der Waals surface area contributed by atoms with E-state index < -0.39 is 0 Å². The summed E-state index contributed by atoms with van der Waals surface area (Å²) < 4.78 is 0. The van der Waals surface area contributed by atoms with Crippen LogP contribution in [0.25, 0.3) is 0 Å². The number of carbonyl (C=O) groups is 1. The van der Waals surface area contributed by atoms with Gasteiger partial charge in [0.15, 0.2) is 0 Å². The van der Waals surface area contributed by atoms with E-state index in [-0.39, 0.29) is 0 Å². The van der Waals surface area contributed by atoms with Gasteiger partial charge in [0.25, 0.3) is 0 Å². The molecule has 1 heterocycles. The molecule has 0 saturated carbocycles. The molecule has 0 aliphatic heterocycles. The average Bonchev–Trinajstić information content (AvgIpc) is 2.38. The van der Waals surface area contributed by atoms with Crippen LogP contribution in [0.3, 0.4) is 0 Å². The molecule has 3 heteroatoms. The predicted octanol–water partition coefficient (Wildman–Crippen LogP) is 2.66. The normalized spacial score (nSPS) is 10.8. The zero-order chi connectivity index (χ0) is 12.5. The minimum atomic E-state index is 0.360. The van der Waals surface area contributed by atoms with Crippen LogP contribution in [0, 0.1) is 0 Å². The van der Waals surface area contributed by atoms with E-state index in [0.717, 1.165) is 31.7 Å². The molecule has 17 heavy (non-hydrogen) atoms. The molecule has 0 amide bonds. The molecule has 0 aromatic carbocycles. The third-order valence-electron chi connectivity index (χ3n) is 2.88. The summed E-state index contributed by atoms with van der Waals surface area (Å²) >= 11 is 0. The molecule has 0 spiro atoms. The Balaban J connectivity index is 2.31. The summed E-state index contributed by atoms with van der Waals surface area (Å²) in [6.07, 6.45) is 4.14. The summed E-state index contributed by atoms with van der Waals surface area (Å²) in [6, 6.07) is 5.98. The van der Waals surface area contributed by atoms with Crippen molar-refractivity contribution < 1.29 is 4.79 Å². The smallest absolute Gasteiger partial charge is 0.132 e. The van der Waals surface area contributed by atoms with Gasteiger partial charge in [0, 0.05) is 25.6 Å². The molecule has 0 unspecified atom stereocenters.